The Morgan fingerprint density at radius 3 is 2.38 bits per heavy atom. The van der Waals surface area contributed by atoms with Gasteiger partial charge in [-0.25, -0.2) is 0 Å². The Bertz CT molecular complexity index is 145. The van der Waals surface area contributed by atoms with Crippen LogP contribution in [0.25, 0.3) is 0 Å². The molecule has 2 heteroatoms. The summed E-state index contributed by atoms with van der Waals surface area (Å²) in [6.45, 7) is 9.06. The van der Waals surface area contributed by atoms with Gasteiger partial charge in [-0.3, -0.25) is 4.79 Å². The fourth-order valence-electron chi connectivity index (χ4n) is 0.880. The number of ether oxygens (including phenoxy) is 1. The van der Waals surface area contributed by atoms with Crippen molar-refractivity contribution in [2.75, 3.05) is 6.61 Å². The minimum Gasteiger partial charge on any atom is -0.466 e. The summed E-state index contributed by atoms with van der Waals surface area (Å²) in [5.41, 5.74) is 0.226. The number of unbranched alkanes of at least 4 members (excludes halogenated alkanes) is 1. The molecule has 0 amide bonds. The van der Waals surface area contributed by atoms with Crippen molar-refractivity contribution >= 4 is 5.97 Å². The molecule has 0 saturated carbocycles. The van der Waals surface area contributed by atoms with Gasteiger partial charge in [0.25, 0.3) is 0 Å². The first-order valence-corrected chi connectivity index (χ1v) is 5.11. The molecule has 0 saturated heterocycles. The first-order valence-electron chi connectivity index (χ1n) is 5.11. The largest absolute Gasteiger partial charge is 0.466 e. The van der Waals surface area contributed by atoms with Crippen LogP contribution in [0.5, 0.6) is 0 Å². The second-order valence-electron chi connectivity index (χ2n) is 4.63. The lowest BCUT2D eigenvalue weighted by Crippen LogP contribution is -2.11. The van der Waals surface area contributed by atoms with E-state index in [1.54, 1.807) is 0 Å². The molecule has 0 fully saturated rings. The van der Waals surface area contributed by atoms with Gasteiger partial charge in [-0.15, -0.1) is 0 Å². The van der Waals surface area contributed by atoms with Gasteiger partial charge in [0.2, 0.25) is 0 Å². The summed E-state index contributed by atoms with van der Waals surface area (Å²) >= 11 is 0. The highest BCUT2D eigenvalue weighted by atomic mass is 16.5. The van der Waals surface area contributed by atoms with Gasteiger partial charge in [-0.05, 0) is 18.3 Å². The van der Waals surface area contributed by atoms with Crippen LogP contribution in [0.1, 0.15) is 53.4 Å². The van der Waals surface area contributed by atoms with E-state index in [-0.39, 0.29) is 11.4 Å². The molecule has 0 aromatic rings. The summed E-state index contributed by atoms with van der Waals surface area (Å²) < 4.78 is 5.04. The van der Waals surface area contributed by atoms with E-state index >= 15 is 0 Å². The molecule has 0 spiro atoms. The maximum atomic E-state index is 11.1. The molecule has 0 aromatic heterocycles. The lowest BCUT2D eigenvalue weighted by Gasteiger charge is -2.16. The molecule has 0 aliphatic rings. The number of hydrogen-bond acceptors (Lipinski definition) is 2. The van der Waals surface area contributed by atoms with Gasteiger partial charge in [-0.1, -0.05) is 34.1 Å². The molecular formula is C11H22O2. The number of hydrogen-bond donors (Lipinski definition) is 0. The van der Waals surface area contributed by atoms with Crippen molar-refractivity contribution in [1.82, 2.24) is 0 Å². The molecule has 0 aliphatic carbocycles. The van der Waals surface area contributed by atoms with E-state index in [2.05, 4.69) is 27.7 Å². The fourth-order valence-corrected chi connectivity index (χ4v) is 0.880. The molecule has 2 nitrogen and oxygen atoms in total. The third kappa shape index (κ3) is 9.38. The standard InChI is InChI=1S/C11H22O2/c1-5-6-9-13-10(12)7-8-11(2,3)4/h5-9H2,1-4H3. The van der Waals surface area contributed by atoms with E-state index in [0.29, 0.717) is 13.0 Å². The molecule has 0 atom stereocenters. The zero-order chi connectivity index (χ0) is 10.3. The third-order valence-corrected chi connectivity index (χ3v) is 1.84. The van der Waals surface area contributed by atoms with Gasteiger partial charge in [-0.2, -0.15) is 0 Å². The summed E-state index contributed by atoms with van der Waals surface area (Å²) in [5, 5.41) is 0. The Morgan fingerprint density at radius 2 is 1.92 bits per heavy atom. The van der Waals surface area contributed by atoms with E-state index < -0.39 is 0 Å². The van der Waals surface area contributed by atoms with Crippen molar-refractivity contribution < 1.29 is 9.53 Å². The van der Waals surface area contributed by atoms with E-state index in [1.807, 2.05) is 0 Å². The summed E-state index contributed by atoms with van der Waals surface area (Å²) in [7, 11) is 0. The number of carbonyl (C=O) groups excluding carboxylic acids is 1. The number of rotatable bonds is 5. The molecule has 0 radical (unpaired) electrons. The zero-order valence-electron chi connectivity index (χ0n) is 9.35. The van der Waals surface area contributed by atoms with Crippen LogP contribution in [0, 0.1) is 5.41 Å². The van der Waals surface area contributed by atoms with Crippen LogP contribution in [0.3, 0.4) is 0 Å². The van der Waals surface area contributed by atoms with E-state index in [4.69, 9.17) is 4.74 Å². The zero-order valence-corrected chi connectivity index (χ0v) is 9.35. The minimum absolute atomic E-state index is 0.0524. The second-order valence-corrected chi connectivity index (χ2v) is 4.63. The first-order chi connectivity index (χ1) is 5.95. The predicted molar refractivity (Wildman–Crippen MR) is 54.6 cm³/mol. The van der Waals surface area contributed by atoms with Gasteiger partial charge >= 0.3 is 5.97 Å². The van der Waals surface area contributed by atoms with Crippen LogP contribution < -0.4 is 0 Å². The van der Waals surface area contributed by atoms with Gasteiger partial charge in [0.1, 0.15) is 0 Å². The third-order valence-electron chi connectivity index (χ3n) is 1.84. The second kappa shape index (κ2) is 6.01. The highest BCUT2D eigenvalue weighted by molar-refractivity contribution is 5.69. The smallest absolute Gasteiger partial charge is 0.305 e. The Kier molecular flexibility index (Phi) is 5.76. The first kappa shape index (κ1) is 12.5. The van der Waals surface area contributed by atoms with Crippen LogP contribution in [-0.2, 0) is 9.53 Å². The molecule has 0 aromatic carbocycles. The van der Waals surface area contributed by atoms with Gasteiger partial charge in [0, 0.05) is 6.42 Å². The molecule has 0 unspecified atom stereocenters. The summed E-state index contributed by atoms with van der Waals surface area (Å²) in [6, 6.07) is 0. The molecule has 0 bridgehead atoms. The van der Waals surface area contributed by atoms with E-state index in [0.717, 1.165) is 19.3 Å². The lowest BCUT2D eigenvalue weighted by atomic mass is 9.91. The summed E-state index contributed by atoms with van der Waals surface area (Å²) in [6.07, 6.45) is 3.50. The monoisotopic (exact) mass is 186 g/mol. The Morgan fingerprint density at radius 1 is 1.31 bits per heavy atom. The normalized spacial score (nSPS) is 11.4. The number of carbonyl (C=O) groups is 1. The molecule has 0 rings (SSSR count). The molecular weight excluding hydrogens is 164 g/mol. The maximum Gasteiger partial charge on any atom is 0.305 e. The number of esters is 1. The highest BCUT2D eigenvalue weighted by Crippen LogP contribution is 2.20. The topological polar surface area (TPSA) is 26.3 Å². The van der Waals surface area contributed by atoms with Crippen LogP contribution >= 0.6 is 0 Å². The van der Waals surface area contributed by atoms with Crippen molar-refractivity contribution in [3.05, 3.63) is 0 Å². The van der Waals surface area contributed by atoms with Crippen LogP contribution in [0.4, 0.5) is 0 Å². The Hall–Kier alpha value is -0.530. The van der Waals surface area contributed by atoms with Crippen LogP contribution in [-0.4, -0.2) is 12.6 Å². The minimum atomic E-state index is -0.0524. The molecule has 78 valence electrons. The predicted octanol–water partition coefficient (Wildman–Crippen LogP) is 3.16. The fraction of sp³-hybridized carbons (Fsp3) is 0.909. The van der Waals surface area contributed by atoms with Gasteiger partial charge < -0.3 is 4.74 Å². The van der Waals surface area contributed by atoms with Crippen molar-refractivity contribution in [2.45, 2.75) is 53.4 Å². The van der Waals surface area contributed by atoms with Crippen molar-refractivity contribution in [3.8, 4) is 0 Å². The van der Waals surface area contributed by atoms with Gasteiger partial charge in [0.15, 0.2) is 0 Å². The summed E-state index contributed by atoms with van der Waals surface area (Å²) in [4.78, 5) is 11.1. The summed E-state index contributed by atoms with van der Waals surface area (Å²) in [5.74, 6) is -0.0524. The molecule has 13 heavy (non-hydrogen) atoms. The highest BCUT2D eigenvalue weighted by Gasteiger charge is 2.13. The average Bonchev–Trinajstić information content (AvgIpc) is 2.00. The van der Waals surface area contributed by atoms with Crippen molar-refractivity contribution in [1.29, 1.82) is 0 Å². The lowest BCUT2D eigenvalue weighted by molar-refractivity contribution is -0.144. The van der Waals surface area contributed by atoms with Gasteiger partial charge in [0.05, 0.1) is 6.61 Å². The quantitative estimate of drug-likeness (QED) is 0.487. The average molecular weight is 186 g/mol. The van der Waals surface area contributed by atoms with Crippen LogP contribution in [0.15, 0.2) is 0 Å². The van der Waals surface area contributed by atoms with Crippen molar-refractivity contribution in [2.24, 2.45) is 5.41 Å². The Labute approximate surface area is 81.7 Å². The molecule has 0 N–H and O–H groups in total. The van der Waals surface area contributed by atoms with Crippen molar-refractivity contribution in [3.63, 3.8) is 0 Å². The molecule has 0 heterocycles. The van der Waals surface area contributed by atoms with Crippen LogP contribution in [0.2, 0.25) is 0 Å². The maximum absolute atomic E-state index is 11.1. The SMILES string of the molecule is CCCCOC(=O)CCC(C)(C)C. The van der Waals surface area contributed by atoms with E-state index in [1.165, 1.54) is 0 Å². The Balaban J connectivity index is 3.41. The molecule has 0 aliphatic heterocycles. The van der Waals surface area contributed by atoms with E-state index in [9.17, 15) is 4.79 Å².